The van der Waals surface area contributed by atoms with E-state index in [-0.39, 0.29) is 41.8 Å². The normalized spacial score (nSPS) is 25.5. The smallest absolute Gasteiger partial charge is 0.251 e. The number of carbonyl (C=O) groups excluding carboxylic acids is 2. The Labute approximate surface area is 235 Å². The van der Waals surface area contributed by atoms with Crippen molar-refractivity contribution in [1.82, 2.24) is 10.2 Å². The highest BCUT2D eigenvalue weighted by Crippen LogP contribution is 2.52. The number of carbonyl (C=O) groups is 2. The maximum atomic E-state index is 14.4. The monoisotopic (exact) mass is 529 g/mol. The van der Waals surface area contributed by atoms with Crippen LogP contribution in [0, 0.1) is 11.8 Å². The number of nitrogens with zero attached hydrogens (tertiary/aromatic N) is 1. The topological polar surface area (TPSA) is 61.4 Å². The van der Waals surface area contributed by atoms with Crippen molar-refractivity contribution in [2.75, 3.05) is 11.9 Å². The van der Waals surface area contributed by atoms with Crippen LogP contribution >= 0.6 is 0 Å². The summed E-state index contributed by atoms with van der Waals surface area (Å²) >= 11 is 0. The number of para-hydroxylation sites is 1. The molecular weight excluding hydrogens is 494 g/mol. The van der Waals surface area contributed by atoms with E-state index in [1.54, 1.807) is 0 Å². The molecule has 0 bridgehead atoms. The molecule has 3 aliphatic rings. The van der Waals surface area contributed by atoms with Gasteiger partial charge in [0.1, 0.15) is 0 Å². The van der Waals surface area contributed by atoms with Gasteiger partial charge in [-0.05, 0) is 59.4 Å². The van der Waals surface area contributed by atoms with Gasteiger partial charge in [-0.3, -0.25) is 9.59 Å². The third-order valence-corrected chi connectivity index (χ3v) is 9.34. The molecule has 2 fully saturated rings. The van der Waals surface area contributed by atoms with Crippen molar-refractivity contribution in [3.63, 3.8) is 0 Å². The first-order valence-electron chi connectivity index (χ1n) is 14.7. The highest BCUT2D eigenvalue weighted by Gasteiger charge is 2.48. The Morgan fingerprint density at radius 1 is 0.750 bits per heavy atom. The first kappa shape index (κ1) is 24.9. The van der Waals surface area contributed by atoms with Crippen LogP contribution in [-0.2, 0) is 4.79 Å². The van der Waals surface area contributed by atoms with Gasteiger partial charge in [0.2, 0.25) is 5.91 Å². The highest BCUT2D eigenvalue weighted by molar-refractivity contribution is 5.95. The van der Waals surface area contributed by atoms with Crippen LogP contribution in [-0.4, -0.2) is 29.3 Å². The molecule has 202 valence electrons. The van der Waals surface area contributed by atoms with Gasteiger partial charge in [0.25, 0.3) is 5.91 Å². The van der Waals surface area contributed by atoms with Crippen LogP contribution in [0.1, 0.15) is 65.7 Å². The first-order valence-corrected chi connectivity index (χ1v) is 14.7. The van der Waals surface area contributed by atoms with Gasteiger partial charge in [0.05, 0.1) is 18.0 Å². The number of amides is 2. The van der Waals surface area contributed by atoms with Gasteiger partial charge in [-0.1, -0.05) is 91.7 Å². The molecule has 7 rings (SSSR count). The molecule has 0 unspecified atom stereocenters. The summed E-state index contributed by atoms with van der Waals surface area (Å²) in [4.78, 5) is 29.6. The Hall–Kier alpha value is -4.12. The van der Waals surface area contributed by atoms with Crippen LogP contribution in [0.3, 0.4) is 0 Å². The van der Waals surface area contributed by atoms with Crippen LogP contribution in [0.15, 0.2) is 97.1 Å². The summed E-state index contributed by atoms with van der Waals surface area (Å²) in [7, 11) is 0. The minimum Gasteiger partial charge on any atom is -0.378 e. The lowest BCUT2D eigenvalue weighted by molar-refractivity contribution is -0.138. The predicted octanol–water partition coefficient (Wildman–Crippen LogP) is 6.89. The maximum absolute atomic E-state index is 14.4. The maximum Gasteiger partial charge on any atom is 0.251 e. The Morgan fingerprint density at radius 2 is 1.48 bits per heavy atom. The number of anilines is 1. The molecule has 1 saturated carbocycles. The molecule has 4 aromatic rings. The van der Waals surface area contributed by atoms with E-state index in [0.717, 1.165) is 44.3 Å². The van der Waals surface area contributed by atoms with Crippen LogP contribution in [0.4, 0.5) is 5.69 Å². The SMILES string of the molecule is O=C(N[C@@H]1CCCC[C@@H]1C(=O)N1CC[C@@H]2[C@H](c3cccc4ccccc34)Nc3ccccc3[C@@H]21)c1ccccc1. The Kier molecular flexibility index (Phi) is 6.51. The van der Waals surface area contributed by atoms with Crippen molar-refractivity contribution in [2.45, 2.75) is 50.2 Å². The summed E-state index contributed by atoms with van der Waals surface area (Å²) in [6.45, 7) is 0.737. The van der Waals surface area contributed by atoms with E-state index >= 15 is 0 Å². The molecule has 0 spiro atoms. The van der Waals surface area contributed by atoms with Crippen molar-refractivity contribution < 1.29 is 9.59 Å². The van der Waals surface area contributed by atoms with E-state index in [9.17, 15) is 9.59 Å². The van der Waals surface area contributed by atoms with Crippen LogP contribution in [0.5, 0.6) is 0 Å². The summed E-state index contributed by atoms with van der Waals surface area (Å²) in [5, 5.41) is 9.61. The number of hydrogen-bond donors (Lipinski definition) is 2. The van der Waals surface area contributed by atoms with Crippen molar-refractivity contribution in [1.29, 1.82) is 0 Å². The van der Waals surface area contributed by atoms with Gasteiger partial charge in [-0.15, -0.1) is 0 Å². The summed E-state index contributed by atoms with van der Waals surface area (Å²) in [5.41, 5.74) is 4.25. The number of nitrogens with one attached hydrogen (secondary N) is 2. The minimum absolute atomic E-state index is 0.0151. The minimum atomic E-state index is -0.196. The van der Waals surface area contributed by atoms with Crippen LogP contribution in [0.2, 0.25) is 0 Å². The zero-order valence-electron chi connectivity index (χ0n) is 22.6. The fraction of sp³-hybridized carbons (Fsp3) is 0.314. The summed E-state index contributed by atoms with van der Waals surface area (Å²) < 4.78 is 0. The van der Waals surface area contributed by atoms with E-state index in [2.05, 4.69) is 82.3 Å². The number of hydrogen-bond acceptors (Lipinski definition) is 3. The fourth-order valence-corrected chi connectivity index (χ4v) is 7.46. The van der Waals surface area contributed by atoms with Gasteiger partial charge in [-0.2, -0.15) is 0 Å². The molecule has 5 heteroatoms. The standard InChI is InChI=1S/C35H35N3O2/c39-34(24-12-2-1-3-13-24)37-31-20-9-7-17-28(31)35(40)38-22-21-29-32(36-30-19-8-6-16-27(30)33(29)38)26-18-10-14-23-11-4-5-15-25(23)26/h1-6,8,10-16,18-19,28-29,31-33,36H,7,9,17,20-22H2,(H,37,39)/t28-,29+,31+,32-,33-/m0/s1. The third-order valence-electron chi connectivity index (χ3n) is 9.34. The quantitative estimate of drug-likeness (QED) is 0.303. The summed E-state index contributed by atoms with van der Waals surface area (Å²) in [5.74, 6) is 0.176. The number of likely N-dealkylation sites (tertiary alicyclic amines) is 1. The average Bonchev–Trinajstić information content (AvgIpc) is 3.46. The second kappa shape index (κ2) is 10.5. The number of fused-ring (bicyclic) bond motifs is 4. The molecule has 5 nitrogen and oxygen atoms in total. The molecule has 2 heterocycles. The summed E-state index contributed by atoms with van der Waals surface area (Å²) in [6.07, 6.45) is 4.66. The largest absolute Gasteiger partial charge is 0.378 e. The van der Waals surface area contributed by atoms with Gasteiger partial charge in [-0.25, -0.2) is 0 Å². The first-order chi connectivity index (χ1) is 19.7. The van der Waals surface area contributed by atoms with Crippen molar-refractivity contribution >= 4 is 28.3 Å². The lowest BCUT2D eigenvalue weighted by Crippen LogP contribution is -2.50. The fourth-order valence-electron chi connectivity index (χ4n) is 7.46. The Balaban J connectivity index is 1.21. The third kappa shape index (κ3) is 4.34. The van der Waals surface area contributed by atoms with Gasteiger partial charge < -0.3 is 15.5 Å². The molecule has 5 atom stereocenters. The zero-order valence-corrected chi connectivity index (χ0v) is 22.6. The van der Waals surface area contributed by atoms with Crippen molar-refractivity contribution in [3.05, 3.63) is 114 Å². The molecule has 2 aliphatic heterocycles. The predicted molar refractivity (Wildman–Crippen MR) is 159 cm³/mol. The second-order valence-corrected chi connectivity index (χ2v) is 11.5. The lowest BCUT2D eigenvalue weighted by Gasteiger charge is -2.42. The molecule has 40 heavy (non-hydrogen) atoms. The molecule has 2 N–H and O–H groups in total. The van der Waals surface area contributed by atoms with Crippen molar-refractivity contribution in [2.24, 2.45) is 11.8 Å². The van der Waals surface area contributed by atoms with Crippen LogP contribution < -0.4 is 10.6 Å². The van der Waals surface area contributed by atoms with Gasteiger partial charge >= 0.3 is 0 Å². The van der Waals surface area contributed by atoms with E-state index in [4.69, 9.17) is 0 Å². The Bertz CT molecular complexity index is 1550. The van der Waals surface area contributed by atoms with Crippen molar-refractivity contribution in [3.8, 4) is 0 Å². The Morgan fingerprint density at radius 3 is 2.38 bits per heavy atom. The number of rotatable bonds is 4. The van der Waals surface area contributed by atoms with Gasteiger partial charge in [0, 0.05) is 29.8 Å². The second-order valence-electron chi connectivity index (χ2n) is 11.5. The molecular formula is C35H35N3O2. The molecule has 1 aliphatic carbocycles. The van der Waals surface area contributed by atoms with E-state index < -0.39 is 0 Å². The molecule has 4 aromatic carbocycles. The van der Waals surface area contributed by atoms with Gasteiger partial charge in [0.15, 0.2) is 0 Å². The lowest BCUT2D eigenvalue weighted by atomic mass is 9.78. The molecule has 0 aromatic heterocycles. The van der Waals surface area contributed by atoms with E-state index in [0.29, 0.717) is 5.56 Å². The van der Waals surface area contributed by atoms with Crippen LogP contribution in [0.25, 0.3) is 10.8 Å². The van der Waals surface area contributed by atoms with E-state index in [1.807, 2.05) is 30.3 Å². The molecule has 0 radical (unpaired) electrons. The highest BCUT2D eigenvalue weighted by atomic mass is 16.2. The number of benzene rings is 4. The van der Waals surface area contributed by atoms with E-state index in [1.165, 1.54) is 21.9 Å². The molecule has 2 amide bonds. The zero-order chi connectivity index (χ0) is 27.1. The average molecular weight is 530 g/mol. The molecule has 1 saturated heterocycles. The summed E-state index contributed by atoms with van der Waals surface area (Å²) in [6, 6.07) is 32.9.